The van der Waals surface area contributed by atoms with Gasteiger partial charge in [-0.05, 0) is 31.5 Å². The van der Waals surface area contributed by atoms with E-state index in [1.165, 1.54) is 4.90 Å². The number of carboxylic acid groups (broad SMARTS) is 1. The molecule has 3 rings (SSSR count). The first-order valence-electron chi connectivity index (χ1n) is 9.43. The zero-order chi connectivity index (χ0) is 21.2. The fourth-order valence-corrected chi connectivity index (χ4v) is 3.64. The van der Waals surface area contributed by atoms with Crippen LogP contribution in [-0.4, -0.2) is 78.4 Å². The third-order valence-corrected chi connectivity index (χ3v) is 5.23. The quantitative estimate of drug-likeness (QED) is 0.711. The van der Waals surface area contributed by atoms with Gasteiger partial charge in [0.15, 0.2) is 0 Å². The van der Waals surface area contributed by atoms with Gasteiger partial charge in [0.25, 0.3) is 0 Å². The first kappa shape index (κ1) is 20.9. The van der Waals surface area contributed by atoms with Crippen molar-refractivity contribution in [1.29, 1.82) is 0 Å². The predicted octanol–water partition coefficient (Wildman–Crippen LogP) is 1.35. The van der Waals surface area contributed by atoms with Crippen LogP contribution in [0.4, 0.5) is 4.79 Å². The molecule has 0 radical (unpaired) electrons. The van der Waals surface area contributed by atoms with Crippen LogP contribution in [0.5, 0.6) is 5.75 Å². The van der Waals surface area contributed by atoms with E-state index in [0.717, 1.165) is 10.5 Å². The highest BCUT2D eigenvalue weighted by Gasteiger charge is 2.50. The van der Waals surface area contributed by atoms with Gasteiger partial charge in [-0.3, -0.25) is 14.5 Å². The van der Waals surface area contributed by atoms with Gasteiger partial charge in [0, 0.05) is 19.6 Å². The van der Waals surface area contributed by atoms with Gasteiger partial charge in [0.1, 0.15) is 24.5 Å². The number of hydrogen-bond acceptors (Lipinski definition) is 6. The Labute approximate surface area is 169 Å². The Kier molecular flexibility index (Phi) is 5.97. The Morgan fingerprint density at radius 3 is 2.59 bits per heavy atom. The molecule has 0 bridgehead atoms. The minimum absolute atomic E-state index is 0.112. The van der Waals surface area contributed by atoms with E-state index in [0.29, 0.717) is 5.75 Å². The maximum atomic E-state index is 12.8. The number of hydrogen-bond donors (Lipinski definition) is 1. The summed E-state index contributed by atoms with van der Waals surface area (Å²) in [6, 6.07) is 6.34. The maximum Gasteiger partial charge on any atom is 0.408 e. The van der Waals surface area contributed by atoms with E-state index in [-0.39, 0.29) is 38.8 Å². The van der Waals surface area contributed by atoms with Crippen LogP contribution in [0.25, 0.3) is 0 Å². The summed E-state index contributed by atoms with van der Waals surface area (Å²) in [5.74, 6) is -0.0628. The van der Waals surface area contributed by atoms with Crippen LogP contribution in [0.2, 0.25) is 0 Å². The lowest BCUT2D eigenvalue weighted by atomic mass is 9.93. The number of esters is 1. The van der Waals surface area contributed by atoms with Gasteiger partial charge in [0.2, 0.25) is 5.91 Å². The summed E-state index contributed by atoms with van der Waals surface area (Å²) in [6.45, 7) is 4.30. The molecule has 2 fully saturated rings. The van der Waals surface area contributed by atoms with Crippen LogP contribution in [0, 0.1) is 5.41 Å². The van der Waals surface area contributed by atoms with Crippen molar-refractivity contribution >= 4 is 18.0 Å². The van der Waals surface area contributed by atoms with Gasteiger partial charge >= 0.3 is 12.1 Å². The molecule has 0 saturated carbocycles. The van der Waals surface area contributed by atoms with Gasteiger partial charge in [-0.15, -0.1) is 0 Å². The first-order valence-corrected chi connectivity index (χ1v) is 9.43. The Balaban J connectivity index is 1.60. The molecule has 0 aliphatic carbocycles. The first-order chi connectivity index (χ1) is 13.7. The number of carbonyl (C=O) groups excluding carboxylic acids is 2. The Hall–Kier alpha value is -2.81. The largest absolute Gasteiger partial charge is 0.497 e. The molecule has 2 heterocycles. The molecule has 2 atom stereocenters. The summed E-state index contributed by atoms with van der Waals surface area (Å²) < 4.78 is 16.1. The average molecular weight is 406 g/mol. The second-order valence-corrected chi connectivity index (χ2v) is 7.86. The molecule has 2 unspecified atom stereocenters. The summed E-state index contributed by atoms with van der Waals surface area (Å²) in [5.41, 5.74) is -0.132. The molecular formula is C20H26N2O7. The van der Waals surface area contributed by atoms with E-state index >= 15 is 0 Å². The molecule has 9 heteroatoms. The summed E-state index contributed by atoms with van der Waals surface area (Å²) in [6.07, 6.45) is -1.66. The Morgan fingerprint density at radius 1 is 1.28 bits per heavy atom. The second-order valence-electron chi connectivity index (χ2n) is 7.86. The SMILES string of the molecule is COc1ccc(COC(=O)C(C)(C)CN2CC3OCCN(C(=O)O)C3C2=O)cc1. The van der Waals surface area contributed by atoms with E-state index < -0.39 is 29.6 Å². The molecule has 0 aromatic heterocycles. The van der Waals surface area contributed by atoms with Crippen molar-refractivity contribution in [2.24, 2.45) is 5.41 Å². The average Bonchev–Trinajstić information content (AvgIpc) is 3.01. The smallest absolute Gasteiger partial charge is 0.408 e. The molecular weight excluding hydrogens is 380 g/mol. The standard InChI is InChI=1S/C20H26N2O7/c1-20(2,18(24)29-11-13-4-6-14(27-3)7-5-13)12-21-10-15-16(17(21)23)22(19(25)26)8-9-28-15/h4-7,15-16H,8-12H2,1-3H3,(H,25,26). The number of fused-ring (bicyclic) bond motifs is 1. The van der Waals surface area contributed by atoms with Gasteiger partial charge in [-0.2, -0.15) is 0 Å². The number of ether oxygens (including phenoxy) is 3. The molecule has 2 saturated heterocycles. The highest BCUT2D eigenvalue weighted by Crippen LogP contribution is 2.28. The zero-order valence-electron chi connectivity index (χ0n) is 16.8. The van der Waals surface area contributed by atoms with Crippen LogP contribution in [-0.2, 0) is 25.7 Å². The number of rotatable bonds is 6. The second kappa shape index (κ2) is 8.28. The summed E-state index contributed by atoms with van der Waals surface area (Å²) in [4.78, 5) is 39.4. The number of amides is 2. The minimum Gasteiger partial charge on any atom is -0.497 e. The van der Waals surface area contributed by atoms with E-state index in [1.54, 1.807) is 33.1 Å². The number of methoxy groups -OCH3 is 1. The number of benzene rings is 1. The van der Waals surface area contributed by atoms with Crippen molar-refractivity contribution in [2.45, 2.75) is 32.6 Å². The van der Waals surface area contributed by atoms with Gasteiger partial charge in [-0.1, -0.05) is 12.1 Å². The third-order valence-electron chi connectivity index (χ3n) is 5.23. The predicted molar refractivity (Wildman–Crippen MR) is 101 cm³/mol. The van der Waals surface area contributed by atoms with Crippen molar-refractivity contribution < 1.29 is 33.7 Å². The normalized spacial score (nSPS) is 21.7. The summed E-state index contributed by atoms with van der Waals surface area (Å²) in [7, 11) is 1.58. The lowest BCUT2D eigenvalue weighted by Gasteiger charge is -2.33. The van der Waals surface area contributed by atoms with Gasteiger partial charge in [0.05, 0.1) is 19.1 Å². The monoisotopic (exact) mass is 406 g/mol. The van der Waals surface area contributed by atoms with Gasteiger partial charge in [-0.25, -0.2) is 4.79 Å². The summed E-state index contributed by atoms with van der Waals surface area (Å²) >= 11 is 0. The number of nitrogens with zero attached hydrogens (tertiary/aromatic N) is 2. The zero-order valence-corrected chi connectivity index (χ0v) is 16.8. The van der Waals surface area contributed by atoms with Crippen molar-refractivity contribution in [3.63, 3.8) is 0 Å². The topological polar surface area (TPSA) is 106 Å². The lowest BCUT2D eigenvalue weighted by molar-refractivity contribution is -0.157. The minimum atomic E-state index is -1.14. The Bertz CT molecular complexity index is 778. The maximum absolute atomic E-state index is 12.8. The van der Waals surface area contributed by atoms with E-state index in [2.05, 4.69) is 0 Å². The molecule has 158 valence electrons. The van der Waals surface area contributed by atoms with Crippen LogP contribution in [0.15, 0.2) is 24.3 Å². The van der Waals surface area contributed by atoms with Crippen molar-refractivity contribution in [3.05, 3.63) is 29.8 Å². The highest BCUT2D eigenvalue weighted by molar-refractivity contribution is 5.89. The molecule has 1 aromatic rings. The Morgan fingerprint density at radius 2 is 1.97 bits per heavy atom. The number of morpholine rings is 1. The molecule has 2 aliphatic rings. The van der Waals surface area contributed by atoms with Crippen molar-refractivity contribution in [1.82, 2.24) is 9.80 Å². The van der Waals surface area contributed by atoms with Crippen LogP contribution >= 0.6 is 0 Å². The van der Waals surface area contributed by atoms with E-state index in [4.69, 9.17) is 14.2 Å². The molecule has 9 nitrogen and oxygen atoms in total. The van der Waals surface area contributed by atoms with E-state index in [9.17, 15) is 19.5 Å². The number of carbonyl (C=O) groups is 3. The molecule has 1 N–H and O–H groups in total. The van der Waals surface area contributed by atoms with Crippen LogP contribution in [0.1, 0.15) is 19.4 Å². The molecule has 1 aromatic carbocycles. The number of likely N-dealkylation sites (tertiary alicyclic amines) is 1. The van der Waals surface area contributed by atoms with E-state index in [1.807, 2.05) is 12.1 Å². The van der Waals surface area contributed by atoms with Crippen molar-refractivity contribution in [3.8, 4) is 5.75 Å². The molecule has 0 spiro atoms. The summed E-state index contributed by atoms with van der Waals surface area (Å²) in [5, 5.41) is 9.34. The van der Waals surface area contributed by atoms with Crippen LogP contribution < -0.4 is 4.74 Å². The fourth-order valence-electron chi connectivity index (χ4n) is 3.64. The fraction of sp³-hybridized carbons (Fsp3) is 0.550. The van der Waals surface area contributed by atoms with Crippen LogP contribution in [0.3, 0.4) is 0 Å². The van der Waals surface area contributed by atoms with Crippen molar-refractivity contribution in [2.75, 3.05) is 33.4 Å². The molecule has 2 aliphatic heterocycles. The third kappa shape index (κ3) is 4.45. The highest BCUT2D eigenvalue weighted by atomic mass is 16.5. The lowest BCUT2D eigenvalue weighted by Crippen LogP contribution is -2.54. The van der Waals surface area contributed by atoms with Gasteiger partial charge < -0.3 is 24.2 Å². The molecule has 29 heavy (non-hydrogen) atoms. The molecule has 2 amide bonds.